The van der Waals surface area contributed by atoms with Crippen LogP contribution in [0.3, 0.4) is 0 Å². The molecule has 0 aromatic carbocycles. The van der Waals surface area contributed by atoms with E-state index in [0.29, 0.717) is 7.11 Å². The van der Waals surface area contributed by atoms with Crippen LogP contribution in [0.2, 0.25) is 0 Å². The Morgan fingerprint density at radius 3 is 1.04 bits per heavy atom. The molecule has 0 saturated carbocycles. The predicted octanol–water partition coefficient (Wildman–Crippen LogP) is 7.68. The van der Waals surface area contributed by atoms with Gasteiger partial charge in [0.05, 0.1) is 13.2 Å². The number of methoxy groups -OCH3 is 1. The first kappa shape index (κ1) is 44.1. The zero-order chi connectivity index (χ0) is 39.0. The summed E-state index contributed by atoms with van der Waals surface area (Å²) in [5, 5.41) is 9.36. The monoisotopic (exact) mass is 780 g/mol. The van der Waals surface area contributed by atoms with E-state index in [9.17, 15) is 115 Å². The highest BCUT2D eigenvalue weighted by Gasteiger charge is 2.99. The molecule has 0 amide bonds. The van der Waals surface area contributed by atoms with E-state index in [4.69, 9.17) is 0 Å². The first-order chi connectivity index (χ1) is 20.7. The summed E-state index contributed by atoms with van der Waals surface area (Å²) in [5.41, 5.74) is 0. The molecule has 1 saturated heterocycles. The lowest BCUT2D eigenvalue weighted by molar-refractivity contribution is -0.482. The van der Waals surface area contributed by atoms with Crippen LogP contribution in [0.15, 0.2) is 0 Å². The maximum Gasteiger partial charge on any atom is 0.460 e. The second-order valence-electron chi connectivity index (χ2n) is 9.60. The van der Waals surface area contributed by atoms with Crippen LogP contribution >= 0.6 is 0 Å². The van der Waals surface area contributed by atoms with Gasteiger partial charge < -0.3 is 19.3 Å². The minimum absolute atomic E-state index is 0.270. The highest BCUT2D eigenvalue weighted by molar-refractivity contribution is 5.19. The molecule has 0 radical (unpaired) electrons. The van der Waals surface area contributed by atoms with E-state index < -0.39 is 103 Å². The van der Waals surface area contributed by atoms with Crippen molar-refractivity contribution in [2.24, 2.45) is 0 Å². The normalized spacial score (nSPS) is 20.2. The summed E-state index contributed by atoms with van der Waals surface area (Å²) >= 11 is 0. The average Bonchev–Trinajstić information content (AvgIpc) is 3.73. The van der Waals surface area contributed by atoms with Crippen LogP contribution in [-0.2, 0) is 14.2 Å². The molecule has 288 valence electrons. The minimum Gasteiger partial charge on any atom is -0.371 e. The summed E-state index contributed by atoms with van der Waals surface area (Å²) in [5.74, 6) is -99.3. The minimum atomic E-state index is -9.65. The van der Waals surface area contributed by atoms with E-state index >= 15 is 0 Å². The van der Waals surface area contributed by atoms with Crippen LogP contribution < -0.4 is 0 Å². The van der Waals surface area contributed by atoms with Crippen molar-refractivity contribution in [2.75, 3.05) is 20.3 Å². The smallest absolute Gasteiger partial charge is 0.371 e. The molecule has 4 nitrogen and oxygen atoms in total. The zero-order valence-electron chi connectivity index (χ0n) is 22.0. The molecule has 1 aliphatic heterocycles. The third-order valence-corrected chi connectivity index (χ3v) is 6.28. The number of hydrogen-bond acceptors (Lipinski definition) is 4. The first-order valence-corrected chi connectivity index (χ1v) is 11.3. The van der Waals surface area contributed by atoms with Gasteiger partial charge in [-0.2, -0.15) is 110 Å². The first-order valence-electron chi connectivity index (χ1n) is 11.3. The van der Waals surface area contributed by atoms with Crippen molar-refractivity contribution in [2.45, 2.75) is 96.2 Å². The third kappa shape index (κ3) is 6.07. The maximum atomic E-state index is 14.2. The van der Waals surface area contributed by atoms with Crippen LogP contribution in [-0.4, -0.2) is 115 Å². The molecule has 0 aromatic rings. The fourth-order valence-corrected chi connectivity index (χ4v) is 3.15. The molecular weight excluding hydrogens is 767 g/mol. The Labute approximate surface area is 247 Å². The number of alkyl halides is 25. The highest BCUT2D eigenvalue weighted by atomic mass is 19.4. The number of rotatable bonds is 17. The van der Waals surface area contributed by atoms with E-state index in [0.717, 1.165) is 0 Å². The average molecular weight is 780 g/mol. The Balaban J connectivity index is 3.76. The van der Waals surface area contributed by atoms with Gasteiger partial charge in [-0.1, -0.05) is 0 Å². The van der Waals surface area contributed by atoms with Crippen LogP contribution in [0.25, 0.3) is 0 Å². The van der Waals surface area contributed by atoms with Gasteiger partial charge in [0.1, 0.15) is 12.2 Å². The SMILES string of the molecule is COC(O)C(CC(F)(F)C(F)(F)C(F)(F)C(F)(F)C(F)(F)C(F)(F)C(F)(F)C(F)(F)C(F)(F)C(F)(F)C(F)(F)C(F)(F)F)OCC1CO1. The van der Waals surface area contributed by atoms with Crippen molar-refractivity contribution in [3.63, 3.8) is 0 Å². The van der Waals surface area contributed by atoms with Gasteiger partial charge in [0, 0.05) is 13.5 Å². The van der Waals surface area contributed by atoms with E-state index in [-0.39, 0.29) is 6.61 Å². The second kappa shape index (κ2) is 12.1. The van der Waals surface area contributed by atoms with Gasteiger partial charge in [0.15, 0.2) is 6.29 Å². The molecule has 0 aliphatic carbocycles. The van der Waals surface area contributed by atoms with Crippen molar-refractivity contribution < 1.29 is 129 Å². The van der Waals surface area contributed by atoms with Crippen molar-refractivity contribution in [3.8, 4) is 0 Å². The number of epoxide rings is 1. The summed E-state index contributed by atoms with van der Waals surface area (Å²) in [6.07, 6.45) is -18.6. The summed E-state index contributed by atoms with van der Waals surface area (Å²) in [6, 6.07) is 0. The largest absolute Gasteiger partial charge is 0.460 e. The van der Waals surface area contributed by atoms with Gasteiger partial charge in [-0.05, 0) is 0 Å². The molecule has 3 atom stereocenters. The van der Waals surface area contributed by atoms with Crippen molar-refractivity contribution in [1.82, 2.24) is 0 Å². The Bertz CT molecular complexity index is 1130. The van der Waals surface area contributed by atoms with E-state index in [1.165, 1.54) is 0 Å². The number of aliphatic hydroxyl groups excluding tert-OH is 1. The number of hydrogen-bond donors (Lipinski definition) is 1. The molecule has 1 aliphatic rings. The van der Waals surface area contributed by atoms with Crippen LogP contribution in [0.4, 0.5) is 110 Å². The lowest BCUT2D eigenvalue weighted by Crippen LogP contribution is -2.78. The number of halogens is 25. The molecular formula is C19H13F25O4. The molecule has 1 N–H and O–H groups in total. The Morgan fingerprint density at radius 1 is 0.521 bits per heavy atom. The summed E-state index contributed by atoms with van der Waals surface area (Å²) in [7, 11) is 0.343. The standard InChI is InChI=1S/C19H13F25O4/c1-46-7(45)6(48-4-5-3-47-5)2-8(20,21)9(22,23)10(24,25)11(26,27)12(28,29)13(30,31)14(32,33)15(34,35)16(36,37)17(38,39)18(40,41)19(42,43)44/h5-7,45H,2-4H2,1H3. The second-order valence-corrected chi connectivity index (χ2v) is 9.60. The summed E-state index contributed by atoms with van der Waals surface area (Å²) < 4.78 is 351. The van der Waals surface area contributed by atoms with E-state index in [1.54, 1.807) is 0 Å². The van der Waals surface area contributed by atoms with Gasteiger partial charge in [-0.3, -0.25) is 0 Å². The van der Waals surface area contributed by atoms with Crippen LogP contribution in [0, 0.1) is 0 Å². The molecule has 1 rings (SSSR count). The van der Waals surface area contributed by atoms with E-state index in [1.807, 2.05) is 0 Å². The molecule has 29 heteroatoms. The Morgan fingerprint density at radius 2 is 0.792 bits per heavy atom. The molecule has 48 heavy (non-hydrogen) atoms. The van der Waals surface area contributed by atoms with Crippen molar-refractivity contribution >= 4 is 0 Å². The van der Waals surface area contributed by atoms with E-state index in [2.05, 4.69) is 14.2 Å². The number of aliphatic hydroxyl groups is 1. The van der Waals surface area contributed by atoms with Crippen molar-refractivity contribution in [1.29, 1.82) is 0 Å². The molecule has 0 spiro atoms. The summed E-state index contributed by atoms with van der Waals surface area (Å²) in [6.45, 7) is -1.29. The fraction of sp³-hybridized carbons (Fsp3) is 1.00. The lowest BCUT2D eigenvalue weighted by Gasteiger charge is -2.45. The fourth-order valence-electron chi connectivity index (χ4n) is 3.15. The third-order valence-electron chi connectivity index (χ3n) is 6.28. The Kier molecular flexibility index (Phi) is 11.1. The highest BCUT2D eigenvalue weighted by Crippen LogP contribution is 2.68. The Hall–Kier alpha value is -1.91. The topological polar surface area (TPSA) is 51.2 Å². The summed E-state index contributed by atoms with van der Waals surface area (Å²) in [4.78, 5) is 0. The van der Waals surface area contributed by atoms with Gasteiger partial charge in [-0.15, -0.1) is 0 Å². The van der Waals surface area contributed by atoms with Crippen LogP contribution in [0.1, 0.15) is 6.42 Å². The van der Waals surface area contributed by atoms with Gasteiger partial charge in [0.2, 0.25) is 0 Å². The van der Waals surface area contributed by atoms with Crippen molar-refractivity contribution in [3.05, 3.63) is 0 Å². The predicted molar refractivity (Wildman–Crippen MR) is 97.6 cm³/mol. The van der Waals surface area contributed by atoms with Gasteiger partial charge in [-0.25, -0.2) is 0 Å². The quantitative estimate of drug-likeness (QED) is 0.0936. The molecule has 1 fully saturated rings. The molecule has 0 bridgehead atoms. The van der Waals surface area contributed by atoms with Gasteiger partial charge >= 0.3 is 71.3 Å². The van der Waals surface area contributed by atoms with Crippen LogP contribution in [0.5, 0.6) is 0 Å². The maximum absolute atomic E-state index is 14.2. The zero-order valence-corrected chi connectivity index (χ0v) is 22.0. The molecule has 1 heterocycles. The van der Waals surface area contributed by atoms with Gasteiger partial charge in [0.25, 0.3) is 0 Å². The lowest BCUT2D eigenvalue weighted by atomic mass is 9.84. The molecule has 3 unspecified atom stereocenters. The molecule has 0 aromatic heterocycles. The number of ether oxygens (including phenoxy) is 3.